The van der Waals surface area contributed by atoms with Crippen molar-refractivity contribution in [3.8, 4) is 0 Å². The highest BCUT2D eigenvalue weighted by atomic mass is 28.2. The Balaban J connectivity index is 1.81. The van der Waals surface area contributed by atoms with Crippen molar-refractivity contribution in [3.05, 3.63) is 0 Å². The van der Waals surface area contributed by atoms with E-state index in [0.29, 0.717) is 12.2 Å². The fraction of sp³-hybridized carbons (Fsp3) is 1.00. The summed E-state index contributed by atoms with van der Waals surface area (Å²) < 4.78 is 11.1. The summed E-state index contributed by atoms with van der Waals surface area (Å²) in [5.41, 5.74) is 0.110. The van der Waals surface area contributed by atoms with Gasteiger partial charge in [-0.15, -0.1) is 0 Å². The summed E-state index contributed by atoms with van der Waals surface area (Å²) in [4.78, 5) is 0. The van der Waals surface area contributed by atoms with Gasteiger partial charge in [-0.25, -0.2) is 0 Å². The fourth-order valence-corrected chi connectivity index (χ4v) is 2.62. The third-order valence-electron chi connectivity index (χ3n) is 3.45. The van der Waals surface area contributed by atoms with Gasteiger partial charge in [0.05, 0.1) is 12.2 Å². The summed E-state index contributed by atoms with van der Waals surface area (Å²) >= 11 is 0. The van der Waals surface area contributed by atoms with Gasteiger partial charge in [-0.05, 0) is 45.4 Å². The SMILES string of the molecule is CC(C)(CC1CCC2OC2C1)O[SiH3]. The molecule has 0 amide bonds. The molecule has 2 rings (SSSR count). The first-order valence-electron chi connectivity index (χ1n) is 5.31. The Hall–Kier alpha value is 0.137. The highest BCUT2D eigenvalue weighted by molar-refractivity contribution is 5.98. The zero-order valence-electron chi connectivity index (χ0n) is 8.88. The van der Waals surface area contributed by atoms with Gasteiger partial charge in [0.15, 0.2) is 0 Å². The number of fused-ring (bicyclic) bond motifs is 1. The molecule has 0 bridgehead atoms. The molecule has 1 aliphatic carbocycles. The fourth-order valence-electron chi connectivity index (χ4n) is 2.45. The quantitative estimate of drug-likeness (QED) is 0.501. The van der Waals surface area contributed by atoms with Crippen LogP contribution in [0.3, 0.4) is 0 Å². The Labute approximate surface area is 83.5 Å². The van der Waals surface area contributed by atoms with Crippen LogP contribution in [-0.2, 0) is 9.16 Å². The molecule has 0 radical (unpaired) electrons. The molecule has 1 saturated heterocycles. The van der Waals surface area contributed by atoms with Crippen LogP contribution in [0.2, 0.25) is 0 Å². The summed E-state index contributed by atoms with van der Waals surface area (Å²) in [6, 6.07) is 0. The molecule has 2 nitrogen and oxygen atoms in total. The van der Waals surface area contributed by atoms with Crippen LogP contribution in [0.4, 0.5) is 0 Å². The summed E-state index contributed by atoms with van der Waals surface area (Å²) in [7, 11) is 0.851. The number of ether oxygens (including phenoxy) is 1. The van der Waals surface area contributed by atoms with Gasteiger partial charge in [0.2, 0.25) is 0 Å². The van der Waals surface area contributed by atoms with Gasteiger partial charge in [0, 0.05) is 5.60 Å². The first kappa shape index (κ1) is 9.68. The van der Waals surface area contributed by atoms with Crippen molar-refractivity contribution in [1.29, 1.82) is 0 Å². The van der Waals surface area contributed by atoms with Gasteiger partial charge < -0.3 is 9.16 Å². The molecule has 3 unspecified atom stereocenters. The van der Waals surface area contributed by atoms with E-state index in [1.165, 1.54) is 25.7 Å². The third-order valence-corrected chi connectivity index (χ3v) is 4.55. The minimum absolute atomic E-state index is 0.110. The lowest BCUT2D eigenvalue weighted by molar-refractivity contribution is 0.0834. The Kier molecular flexibility index (Phi) is 2.51. The highest BCUT2D eigenvalue weighted by Gasteiger charge is 2.44. The molecule has 0 spiro atoms. The smallest absolute Gasteiger partial charge is 0.146 e. The van der Waals surface area contributed by atoms with Crippen LogP contribution >= 0.6 is 0 Å². The average molecular weight is 200 g/mol. The molecule has 1 aliphatic heterocycles. The molecule has 1 heterocycles. The van der Waals surface area contributed by atoms with Crippen LogP contribution in [0, 0.1) is 5.92 Å². The van der Waals surface area contributed by atoms with Crippen molar-refractivity contribution < 1.29 is 9.16 Å². The molecular formula is C10H20O2Si. The minimum atomic E-state index is 0.110. The van der Waals surface area contributed by atoms with Crippen LogP contribution in [0.5, 0.6) is 0 Å². The van der Waals surface area contributed by atoms with Crippen molar-refractivity contribution in [1.82, 2.24) is 0 Å². The van der Waals surface area contributed by atoms with Gasteiger partial charge in [0.1, 0.15) is 10.5 Å². The Morgan fingerprint density at radius 2 is 2.15 bits per heavy atom. The maximum atomic E-state index is 5.59. The Bertz CT molecular complexity index is 193. The molecule has 0 aromatic rings. The van der Waals surface area contributed by atoms with Crippen LogP contribution < -0.4 is 0 Å². The number of hydrogen-bond donors (Lipinski definition) is 0. The second kappa shape index (κ2) is 3.37. The second-order valence-corrected chi connectivity index (χ2v) is 5.47. The number of rotatable bonds is 3. The summed E-state index contributed by atoms with van der Waals surface area (Å²) in [5, 5.41) is 0. The Morgan fingerprint density at radius 1 is 1.38 bits per heavy atom. The second-order valence-electron chi connectivity index (χ2n) is 5.06. The lowest BCUT2D eigenvalue weighted by atomic mass is 9.82. The zero-order chi connectivity index (χ0) is 9.47. The van der Waals surface area contributed by atoms with Gasteiger partial charge in [-0.2, -0.15) is 0 Å². The molecule has 76 valence electrons. The molecule has 13 heavy (non-hydrogen) atoms. The van der Waals surface area contributed by atoms with E-state index < -0.39 is 0 Å². The van der Waals surface area contributed by atoms with E-state index in [0.717, 1.165) is 16.4 Å². The molecule has 0 aromatic carbocycles. The third kappa shape index (κ3) is 2.33. The van der Waals surface area contributed by atoms with E-state index in [4.69, 9.17) is 9.16 Å². The van der Waals surface area contributed by atoms with E-state index in [1.54, 1.807) is 0 Å². The van der Waals surface area contributed by atoms with Gasteiger partial charge in [0.25, 0.3) is 0 Å². The standard InChI is InChI=1S/C10H20O2Si/c1-10(2,12-13)6-7-3-4-8-9(5-7)11-8/h7-9H,3-6H2,1-2,13H3. The van der Waals surface area contributed by atoms with Crippen molar-refractivity contribution in [2.75, 3.05) is 0 Å². The largest absolute Gasteiger partial charge is 0.423 e. The van der Waals surface area contributed by atoms with Crippen LogP contribution in [0.1, 0.15) is 39.5 Å². The molecule has 0 aromatic heterocycles. The first-order chi connectivity index (χ1) is 6.11. The van der Waals surface area contributed by atoms with Crippen molar-refractivity contribution in [2.45, 2.75) is 57.3 Å². The predicted octanol–water partition coefficient (Wildman–Crippen LogP) is 1.02. The molecule has 2 aliphatic rings. The maximum Gasteiger partial charge on any atom is 0.146 e. The molecule has 3 heteroatoms. The zero-order valence-corrected chi connectivity index (χ0v) is 10.9. The molecule has 3 atom stereocenters. The topological polar surface area (TPSA) is 21.8 Å². The van der Waals surface area contributed by atoms with E-state index in [9.17, 15) is 0 Å². The number of hydrogen-bond acceptors (Lipinski definition) is 2. The Morgan fingerprint density at radius 3 is 2.77 bits per heavy atom. The van der Waals surface area contributed by atoms with Crippen LogP contribution in [0.25, 0.3) is 0 Å². The summed E-state index contributed by atoms with van der Waals surface area (Å²) in [5.74, 6) is 0.840. The van der Waals surface area contributed by atoms with Gasteiger partial charge in [-0.1, -0.05) is 0 Å². The van der Waals surface area contributed by atoms with Crippen molar-refractivity contribution in [3.63, 3.8) is 0 Å². The highest BCUT2D eigenvalue weighted by Crippen LogP contribution is 2.42. The lowest BCUT2D eigenvalue weighted by Crippen LogP contribution is -2.29. The molecule has 2 fully saturated rings. The van der Waals surface area contributed by atoms with Gasteiger partial charge in [-0.3, -0.25) is 0 Å². The predicted molar refractivity (Wildman–Crippen MR) is 55.7 cm³/mol. The number of epoxide rings is 1. The van der Waals surface area contributed by atoms with E-state index >= 15 is 0 Å². The molecule has 1 saturated carbocycles. The lowest BCUT2D eigenvalue weighted by Gasteiger charge is -2.30. The first-order valence-corrected chi connectivity index (χ1v) is 6.13. The normalized spacial score (nSPS) is 38.8. The van der Waals surface area contributed by atoms with Gasteiger partial charge >= 0.3 is 0 Å². The van der Waals surface area contributed by atoms with E-state index in [1.807, 2.05) is 0 Å². The maximum absolute atomic E-state index is 5.59. The summed E-state index contributed by atoms with van der Waals surface area (Å²) in [6.45, 7) is 4.42. The molecule has 0 N–H and O–H groups in total. The van der Waals surface area contributed by atoms with Crippen LogP contribution in [0.15, 0.2) is 0 Å². The monoisotopic (exact) mass is 200 g/mol. The minimum Gasteiger partial charge on any atom is -0.423 e. The van der Waals surface area contributed by atoms with Crippen LogP contribution in [-0.4, -0.2) is 28.3 Å². The van der Waals surface area contributed by atoms with E-state index in [-0.39, 0.29) is 5.60 Å². The van der Waals surface area contributed by atoms with Crippen molar-refractivity contribution >= 4 is 10.5 Å². The van der Waals surface area contributed by atoms with E-state index in [2.05, 4.69) is 13.8 Å². The van der Waals surface area contributed by atoms with Crippen molar-refractivity contribution in [2.24, 2.45) is 5.92 Å². The summed E-state index contributed by atoms with van der Waals surface area (Å²) in [6.07, 6.45) is 6.37. The average Bonchev–Trinajstić information content (AvgIpc) is 2.81. The molecular weight excluding hydrogens is 180 g/mol.